The summed E-state index contributed by atoms with van der Waals surface area (Å²) in [5.74, 6) is -0.411. The Bertz CT molecular complexity index is 358. The lowest BCUT2D eigenvalue weighted by Crippen LogP contribution is -2.08. The fourth-order valence-corrected chi connectivity index (χ4v) is 1.06. The van der Waals surface area contributed by atoms with Crippen LogP contribution in [0.15, 0.2) is 30.9 Å². The number of rotatable bonds is 3. The highest BCUT2D eigenvalue weighted by Gasteiger charge is 2.10. The van der Waals surface area contributed by atoms with Crippen molar-refractivity contribution in [3.8, 4) is 0 Å². The van der Waals surface area contributed by atoms with E-state index >= 15 is 0 Å². The molecule has 0 saturated carbocycles. The Morgan fingerprint density at radius 3 is 3.00 bits per heavy atom. The van der Waals surface area contributed by atoms with Crippen molar-refractivity contribution in [3.63, 3.8) is 0 Å². The second kappa shape index (κ2) is 4.46. The van der Waals surface area contributed by atoms with E-state index in [-0.39, 0.29) is 6.61 Å². The number of hydrogen-bond acceptors (Lipinski definition) is 3. The van der Waals surface area contributed by atoms with E-state index in [9.17, 15) is 4.79 Å². The van der Waals surface area contributed by atoms with Crippen LogP contribution in [0.2, 0.25) is 0 Å². The molecule has 0 unspecified atom stereocenters. The minimum atomic E-state index is -0.411. The smallest absolute Gasteiger partial charge is 0.340 e. The molecule has 3 nitrogen and oxygen atoms in total. The summed E-state index contributed by atoms with van der Waals surface area (Å²) in [5.41, 5.74) is 7.46. The number of nitrogens with two attached hydrogens (primary N) is 1. The van der Waals surface area contributed by atoms with Crippen LogP contribution >= 0.6 is 0 Å². The summed E-state index contributed by atoms with van der Waals surface area (Å²) in [4.78, 5) is 11.4. The van der Waals surface area contributed by atoms with Gasteiger partial charge >= 0.3 is 5.97 Å². The Balaban J connectivity index is 2.88. The molecule has 0 radical (unpaired) electrons. The summed E-state index contributed by atoms with van der Waals surface area (Å²) in [7, 11) is 0. The predicted octanol–water partition coefficient (Wildman–Crippen LogP) is 1.92. The zero-order valence-electron chi connectivity index (χ0n) is 8.12. The Hall–Kier alpha value is -1.77. The molecule has 1 aromatic carbocycles. The number of aryl methyl sites for hydroxylation is 1. The zero-order valence-corrected chi connectivity index (χ0v) is 8.12. The zero-order chi connectivity index (χ0) is 10.6. The molecule has 0 aliphatic heterocycles. The van der Waals surface area contributed by atoms with Gasteiger partial charge in [0.15, 0.2) is 0 Å². The second-order valence-electron chi connectivity index (χ2n) is 2.98. The van der Waals surface area contributed by atoms with Crippen LogP contribution in [0, 0.1) is 6.92 Å². The van der Waals surface area contributed by atoms with Crippen molar-refractivity contribution in [2.24, 2.45) is 0 Å². The van der Waals surface area contributed by atoms with E-state index in [1.807, 2.05) is 13.0 Å². The van der Waals surface area contributed by atoms with Crippen molar-refractivity contribution < 1.29 is 9.53 Å². The molecule has 0 spiro atoms. The quantitative estimate of drug-likeness (QED) is 0.451. The van der Waals surface area contributed by atoms with E-state index in [0.29, 0.717) is 11.3 Å². The van der Waals surface area contributed by atoms with Gasteiger partial charge in [0.2, 0.25) is 0 Å². The van der Waals surface area contributed by atoms with Crippen LogP contribution in [0.3, 0.4) is 0 Å². The Labute approximate surface area is 83.2 Å². The third-order valence-electron chi connectivity index (χ3n) is 1.76. The Kier molecular flexibility index (Phi) is 3.29. The van der Waals surface area contributed by atoms with E-state index in [1.54, 1.807) is 12.1 Å². The van der Waals surface area contributed by atoms with Crippen LogP contribution in [-0.2, 0) is 4.74 Å². The summed E-state index contributed by atoms with van der Waals surface area (Å²) in [6.07, 6.45) is 1.52. The van der Waals surface area contributed by atoms with Gasteiger partial charge in [0.05, 0.1) is 5.56 Å². The van der Waals surface area contributed by atoms with Crippen LogP contribution < -0.4 is 5.73 Å². The van der Waals surface area contributed by atoms with Gasteiger partial charge in [-0.1, -0.05) is 24.3 Å². The SMILES string of the molecule is C=CCOC(=O)c1cc(C)ccc1N. The minimum absolute atomic E-state index is 0.201. The summed E-state index contributed by atoms with van der Waals surface area (Å²) in [5, 5.41) is 0. The average molecular weight is 191 g/mol. The lowest BCUT2D eigenvalue weighted by atomic mass is 10.1. The summed E-state index contributed by atoms with van der Waals surface area (Å²) >= 11 is 0. The second-order valence-corrected chi connectivity index (χ2v) is 2.98. The third-order valence-corrected chi connectivity index (χ3v) is 1.76. The number of benzene rings is 1. The molecule has 0 heterocycles. The molecule has 0 amide bonds. The van der Waals surface area contributed by atoms with Crippen LogP contribution in [0.1, 0.15) is 15.9 Å². The largest absolute Gasteiger partial charge is 0.458 e. The fourth-order valence-electron chi connectivity index (χ4n) is 1.06. The Morgan fingerprint density at radius 1 is 1.64 bits per heavy atom. The Morgan fingerprint density at radius 2 is 2.36 bits per heavy atom. The van der Waals surface area contributed by atoms with E-state index in [4.69, 9.17) is 10.5 Å². The number of carbonyl (C=O) groups excluding carboxylic acids is 1. The van der Waals surface area contributed by atoms with Crippen LogP contribution in [0.4, 0.5) is 5.69 Å². The van der Waals surface area contributed by atoms with Crippen molar-refractivity contribution in [1.82, 2.24) is 0 Å². The molecule has 14 heavy (non-hydrogen) atoms. The first-order valence-corrected chi connectivity index (χ1v) is 4.29. The van der Waals surface area contributed by atoms with Gasteiger partial charge in [-0.05, 0) is 19.1 Å². The molecule has 1 rings (SSSR count). The lowest BCUT2D eigenvalue weighted by Gasteiger charge is -2.05. The van der Waals surface area contributed by atoms with Crippen LogP contribution in [0.25, 0.3) is 0 Å². The molecule has 0 atom stereocenters. The third kappa shape index (κ3) is 2.36. The number of esters is 1. The van der Waals surface area contributed by atoms with Gasteiger partial charge in [0.1, 0.15) is 6.61 Å². The maximum Gasteiger partial charge on any atom is 0.340 e. The molecule has 3 heteroatoms. The number of hydrogen-bond donors (Lipinski definition) is 1. The molecular formula is C11H13NO2. The highest BCUT2D eigenvalue weighted by atomic mass is 16.5. The van der Waals surface area contributed by atoms with Crippen molar-refractivity contribution in [2.45, 2.75) is 6.92 Å². The number of carbonyl (C=O) groups is 1. The summed E-state index contributed by atoms with van der Waals surface area (Å²) < 4.78 is 4.88. The molecule has 0 fully saturated rings. The van der Waals surface area contributed by atoms with Gasteiger partial charge in [-0.25, -0.2) is 4.79 Å². The summed E-state index contributed by atoms with van der Waals surface area (Å²) in [6.45, 7) is 5.55. The first kappa shape index (κ1) is 10.3. The van der Waals surface area contributed by atoms with Crippen LogP contribution in [0.5, 0.6) is 0 Å². The number of nitrogen functional groups attached to an aromatic ring is 1. The summed E-state index contributed by atoms with van der Waals surface area (Å²) in [6, 6.07) is 5.25. The van der Waals surface area contributed by atoms with Gasteiger partial charge in [-0.15, -0.1) is 0 Å². The highest BCUT2D eigenvalue weighted by molar-refractivity contribution is 5.95. The minimum Gasteiger partial charge on any atom is -0.458 e. The molecule has 1 aromatic rings. The van der Waals surface area contributed by atoms with Gasteiger partial charge < -0.3 is 10.5 Å². The number of ether oxygens (including phenoxy) is 1. The van der Waals surface area contributed by atoms with E-state index in [1.165, 1.54) is 6.08 Å². The first-order chi connectivity index (χ1) is 6.65. The fraction of sp³-hybridized carbons (Fsp3) is 0.182. The van der Waals surface area contributed by atoms with Crippen molar-refractivity contribution >= 4 is 11.7 Å². The molecule has 0 aliphatic carbocycles. The standard InChI is InChI=1S/C11H13NO2/c1-3-6-14-11(13)9-7-8(2)4-5-10(9)12/h3-5,7H,1,6,12H2,2H3. The molecule has 0 bridgehead atoms. The van der Waals surface area contributed by atoms with Gasteiger partial charge in [0, 0.05) is 5.69 Å². The first-order valence-electron chi connectivity index (χ1n) is 4.29. The molecule has 74 valence electrons. The van der Waals surface area contributed by atoms with Crippen LogP contribution in [-0.4, -0.2) is 12.6 Å². The molecule has 0 aliphatic rings. The van der Waals surface area contributed by atoms with Gasteiger partial charge in [-0.3, -0.25) is 0 Å². The maximum atomic E-state index is 11.4. The average Bonchev–Trinajstić information content (AvgIpc) is 2.18. The highest BCUT2D eigenvalue weighted by Crippen LogP contribution is 2.14. The molecular weight excluding hydrogens is 178 g/mol. The molecule has 0 saturated heterocycles. The normalized spacial score (nSPS) is 9.50. The predicted molar refractivity (Wildman–Crippen MR) is 56.1 cm³/mol. The van der Waals surface area contributed by atoms with E-state index in [2.05, 4.69) is 6.58 Å². The van der Waals surface area contributed by atoms with Crippen molar-refractivity contribution in [3.05, 3.63) is 42.0 Å². The lowest BCUT2D eigenvalue weighted by molar-refractivity contribution is 0.0551. The van der Waals surface area contributed by atoms with E-state index < -0.39 is 5.97 Å². The van der Waals surface area contributed by atoms with Gasteiger partial charge in [0.25, 0.3) is 0 Å². The van der Waals surface area contributed by atoms with Crippen molar-refractivity contribution in [2.75, 3.05) is 12.3 Å². The monoisotopic (exact) mass is 191 g/mol. The van der Waals surface area contributed by atoms with Gasteiger partial charge in [-0.2, -0.15) is 0 Å². The topological polar surface area (TPSA) is 52.3 Å². The number of anilines is 1. The van der Waals surface area contributed by atoms with Crippen molar-refractivity contribution in [1.29, 1.82) is 0 Å². The maximum absolute atomic E-state index is 11.4. The van der Waals surface area contributed by atoms with E-state index in [0.717, 1.165) is 5.56 Å². The molecule has 2 N–H and O–H groups in total. The molecule has 0 aromatic heterocycles.